The lowest BCUT2D eigenvalue weighted by Gasteiger charge is -2.25. The van der Waals surface area contributed by atoms with Crippen LogP contribution in [0.3, 0.4) is 0 Å². The summed E-state index contributed by atoms with van der Waals surface area (Å²) in [5, 5.41) is 19.7. The lowest BCUT2D eigenvalue weighted by atomic mass is 9.98. The molecule has 2 unspecified atom stereocenters. The molecule has 146 valence electrons. The van der Waals surface area contributed by atoms with Gasteiger partial charge in [0, 0.05) is 22.4 Å². The fraction of sp³-hybridized carbons (Fsp3) is 0.190. The molecule has 0 aliphatic carbocycles. The van der Waals surface area contributed by atoms with E-state index in [0.29, 0.717) is 33.6 Å². The van der Waals surface area contributed by atoms with Crippen LogP contribution in [-0.2, 0) is 4.79 Å². The number of rotatable bonds is 5. The molecule has 29 heavy (non-hydrogen) atoms. The van der Waals surface area contributed by atoms with Gasteiger partial charge < -0.3 is 15.7 Å². The third-order valence-electron chi connectivity index (χ3n) is 4.59. The van der Waals surface area contributed by atoms with Gasteiger partial charge in [-0.15, -0.1) is 6.42 Å². The molecule has 1 aliphatic heterocycles. The number of aliphatic hydroxyl groups is 1. The molecule has 0 saturated heterocycles. The molecule has 1 heterocycles. The van der Waals surface area contributed by atoms with E-state index in [0.717, 1.165) is 0 Å². The molecule has 1 aliphatic rings. The molecule has 0 saturated carbocycles. The quantitative estimate of drug-likeness (QED) is 0.355. The van der Waals surface area contributed by atoms with Gasteiger partial charge in [0.2, 0.25) is 10.8 Å². The van der Waals surface area contributed by atoms with Gasteiger partial charge in [0.15, 0.2) is 10.8 Å². The first-order chi connectivity index (χ1) is 13.9. The highest BCUT2D eigenvalue weighted by Crippen LogP contribution is 2.34. The smallest absolute Gasteiger partial charge is 0.224 e. The zero-order chi connectivity index (χ0) is 21.0. The van der Waals surface area contributed by atoms with Crippen LogP contribution in [0.4, 0.5) is 15.8 Å². The Balaban J connectivity index is 1.77. The number of carbonyl (C=O) groups excluding carboxylic acids is 1. The highest BCUT2D eigenvalue weighted by Gasteiger charge is 2.24. The van der Waals surface area contributed by atoms with Crippen LogP contribution in [0.15, 0.2) is 47.1 Å². The number of halogens is 1. The number of carbonyl (C=O) groups is 1. The Labute approximate surface area is 166 Å². The standard InChI is InChI=1S/C21H18FN5O2/c1-3-13-7-8-15(17(22)9-13)12(2)24-20(28)11-14-10-16-18(25-21(14)29)5-4-6-19(16)26-27-23/h1,4-10,12,21,23,25,29H,11H2,2H3/p+1. The summed E-state index contributed by atoms with van der Waals surface area (Å²) in [7, 11) is 0. The number of benzene rings is 2. The first-order valence-corrected chi connectivity index (χ1v) is 8.84. The van der Waals surface area contributed by atoms with Crippen LogP contribution in [-0.4, -0.2) is 17.2 Å². The van der Waals surface area contributed by atoms with E-state index in [2.05, 4.69) is 26.6 Å². The van der Waals surface area contributed by atoms with Gasteiger partial charge in [-0.05, 0) is 42.8 Å². The van der Waals surface area contributed by atoms with E-state index in [1.165, 1.54) is 6.07 Å². The summed E-state index contributed by atoms with van der Waals surface area (Å²) >= 11 is 0. The summed E-state index contributed by atoms with van der Waals surface area (Å²) in [6, 6.07) is 8.96. The number of terminal acetylenes is 1. The summed E-state index contributed by atoms with van der Waals surface area (Å²) in [5.41, 5.74) is 9.77. The second-order valence-electron chi connectivity index (χ2n) is 6.55. The second-order valence-corrected chi connectivity index (χ2v) is 6.55. The Kier molecular flexibility index (Phi) is 5.84. The molecule has 0 fully saturated rings. The van der Waals surface area contributed by atoms with Crippen molar-refractivity contribution in [2.24, 2.45) is 5.11 Å². The fourth-order valence-electron chi connectivity index (χ4n) is 3.15. The van der Waals surface area contributed by atoms with Crippen molar-refractivity contribution >= 4 is 23.4 Å². The highest BCUT2D eigenvalue weighted by molar-refractivity contribution is 5.86. The third-order valence-corrected chi connectivity index (χ3v) is 4.59. The third kappa shape index (κ3) is 4.38. The van der Waals surface area contributed by atoms with Crippen molar-refractivity contribution in [2.45, 2.75) is 25.6 Å². The SMILES string of the molecule is C#Cc1ccc(C(C)NC(=O)CC2=Cc3c(N=[N+]=N)cccc3NC2O)c(F)c1. The van der Waals surface area contributed by atoms with Crippen LogP contribution in [0.2, 0.25) is 0 Å². The molecular formula is C21H19FN5O2+. The van der Waals surface area contributed by atoms with Crippen molar-refractivity contribution in [1.29, 1.82) is 5.53 Å². The van der Waals surface area contributed by atoms with Crippen LogP contribution in [0.25, 0.3) is 6.08 Å². The first kappa shape index (κ1) is 20.0. The number of amides is 1. The molecule has 0 bridgehead atoms. The predicted octanol–water partition coefficient (Wildman–Crippen LogP) is 3.38. The van der Waals surface area contributed by atoms with E-state index in [1.807, 2.05) is 0 Å². The summed E-state index contributed by atoms with van der Waals surface area (Å²) in [6.45, 7) is 1.66. The van der Waals surface area contributed by atoms with E-state index in [9.17, 15) is 14.3 Å². The molecule has 7 nitrogen and oxygen atoms in total. The van der Waals surface area contributed by atoms with Gasteiger partial charge in [0.1, 0.15) is 17.6 Å². The van der Waals surface area contributed by atoms with Crippen molar-refractivity contribution in [3.8, 4) is 12.3 Å². The van der Waals surface area contributed by atoms with Gasteiger partial charge in [-0.2, -0.15) is 0 Å². The second kappa shape index (κ2) is 8.48. The normalized spacial score (nSPS) is 15.7. The highest BCUT2D eigenvalue weighted by atomic mass is 19.1. The fourth-order valence-corrected chi connectivity index (χ4v) is 3.15. The number of hydrogen-bond acceptors (Lipinski definition) is 5. The Morgan fingerprint density at radius 1 is 1.48 bits per heavy atom. The van der Waals surface area contributed by atoms with Crippen molar-refractivity contribution in [1.82, 2.24) is 10.2 Å². The molecule has 4 N–H and O–H groups in total. The van der Waals surface area contributed by atoms with Crippen LogP contribution in [0.1, 0.15) is 36.1 Å². The van der Waals surface area contributed by atoms with Crippen molar-refractivity contribution in [3.05, 3.63) is 64.5 Å². The minimum atomic E-state index is -1.06. The number of hydrogen-bond donors (Lipinski definition) is 4. The van der Waals surface area contributed by atoms with Crippen molar-refractivity contribution in [2.75, 3.05) is 5.32 Å². The maximum atomic E-state index is 14.2. The summed E-state index contributed by atoms with van der Waals surface area (Å²) in [6.07, 6.45) is 5.75. The zero-order valence-corrected chi connectivity index (χ0v) is 15.6. The molecule has 0 radical (unpaired) electrons. The first-order valence-electron chi connectivity index (χ1n) is 8.84. The maximum absolute atomic E-state index is 14.2. The van der Waals surface area contributed by atoms with Gasteiger partial charge in [0.25, 0.3) is 0 Å². The van der Waals surface area contributed by atoms with Crippen LogP contribution in [0.5, 0.6) is 0 Å². The van der Waals surface area contributed by atoms with Gasteiger partial charge in [0.05, 0.1) is 12.5 Å². The molecule has 0 aromatic heterocycles. The monoisotopic (exact) mass is 392 g/mol. The van der Waals surface area contributed by atoms with Gasteiger partial charge in [-0.3, -0.25) is 4.79 Å². The summed E-state index contributed by atoms with van der Waals surface area (Å²) < 4.78 is 14.2. The van der Waals surface area contributed by atoms with Gasteiger partial charge >= 0.3 is 0 Å². The van der Waals surface area contributed by atoms with Gasteiger partial charge in [-0.1, -0.05) is 18.1 Å². The largest absolute Gasteiger partial charge is 0.370 e. The summed E-state index contributed by atoms with van der Waals surface area (Å²) in [5.74, 6) is 1.48. The minimum absolute atomic E-state index is 0.103. The number of fused-ring (bicyclic) bond motifs is 1. The Hall–Kier alpha value is -3.79. The number of nitrogens with zero attached hydrogens (tertiary/aromatic N) is 2. The Morgan fingerprint density at radius 3 is 2.97 bits per heavy atom. The van der Waals surface area contributed by atoms with Crippen LogP contribution in [0, 0.1) is 23.7 Å². The Morgan fingerprint density at radius 2 is 2.28 bits per heavy atom. The average Bonchev–Trinajstić information content (AvgIpc) is 2.69. The van der Waals surface area contributed by atoms with E-state index in [-0.39, 0.29) is 12.3 Å². The topological polar surface area (TPSA) is 112 Å². The lowest BCUT2D eigenvalue weighted by molar-refractivity contribution is -0.121. The van der Waals surface area contributed by atoms with E-state index < -0.39 is 18.1 Å². The van der Waals surface area contributed by atoms with Crippen LogP contribution >= 0.6 is 0 Å². The molecule has 2 aromatic carbocycles. The number of anilines is 1. The van der Waals surface area contributed by atoms with Crippen LogP contribution < -0.4 is 15.5 Å². The average molecular weight is 392 g/mol. The van der Waals surface area contributed by atoms with E-state index in [4.69, 9.17) is 12.0 Å². The van der Waals surface area contributed by atoms with Gasteiger partial charge in [-0.25, -0.2) is 4.39 Å². The molecule has 0 spiro atoms. The maximum Gasteiger partial charge on any atom is 0.224 e. The molecule has 8 heteroatoms. The molecular weight excluding hydrogens is 373 g/mol. The lowest BCUT2D eigenvalue weighted by Crippen LogP contribution is -2.32. The minimum Gasteiger partial charge on any atom is -0.370 e. The van der Waals surface area contributed by atoms with Crippen molar-refractivity contribution in [3.63, 3.8) is 0 Å². The Bertz CT molecular complexity index is 1080. The molecule has 3 rings (SSSR count). The van der Waals surface area contributed by atoms with E-state index in [1.54, 1.807) is 43.3 Å². The molecule has 1 amide bonds. The zero-order valence-electron chi connectivity index (χ0n) is 15.6. The number of aliphatic hydroxyl groups excluding tert-OH is 1. The number of nitrogens with one attached hydrogen (secondary N) is 3. The predicted molar refractivity (Wildman–Crippen MR) is 106 cm³/mol. The molecule has 2 atom stereocenters. The van der Waals surface area contributed by atoms with Crippen molar-refractivity contribution < 1.29 is 14.3 Å². The summed E-state index contributed by atoms with van der Waals surface area (Å²) in [4.78, 5) is 15.5. The molecule has 2 aromatic rings. The van der Waals surface area contributed by atoms with E-state index >= 15 is 0 Å².